The maximum absolute atomic E-state index is 9.36. The largest absolute Gasteiger partial charge is 0.508 e. The van der Waals surface area contributed by atoms with E-state index in [2.05, 4.69) is 22.5 Å². The third kappa shape index (κ3) is 5.19. The van der Waals surface area contributed by atoms with Gasteiger partial charge in [0.1, 0.15) is 5.76 Å². The molecule has 0 rings (SSSR count). The highest BCUT2D eigenvalue weighted by molar-refractivity contribution is 9.11. The molecule has 68 valence electrons. The summed E-state index contributed by atoms with van der Waals surface area (Å²) >= 11 is 3.23. The molecule has 0 fully saturated rings. The van der Waals surface area contributed by atoms with E-state index in [4.69, 9.17) is 0 Å². The Labute approximate surface area is 82.6 Å². The van der Waals surface area contributed by atoms with Gasteiger partial charge in [-0.3, -0.25) is 0 Å². The van der Waals surface area contributed by atoms with Crippen molar-refractivity contribution >= 4 is 15.9 Å². The highest BCUT2D eigenvalue weighted by Crippen LogP contribution is 2.15. The number of hydrogen-bond donors (Lipinski definition) is 1. The minimum Gasteiger partial charge on any atom is -0.508 e. The van der Waals surface area contributed by atoms with Gasteiger partial charge in [-0.25, -0.2) is 0 Å². The van der Waals surface area contributed by atoms with Crippen molar-refractivity contribution in [3.63, 3.8) is 0 Å². The van der Waals surface area contributed by atoms with Crippen molar-refractivity contribution in [1.82, 2.24) is 0 Å². The normalized spacial score (nSPS) is 13.8. The summed E-state index contributed by atoms with van der Waals surface area (Å²) in [6, 6.07) is 0. The average molecular weight is 231 g/mol. The lowest BCUT2D eigenvalue weighted by molar-refractivity contribution is 0.425. The van der Waals surface area contributed by atoms with E-state index in [1.165, 1.54) is 0 Å². The van der Waals surface area contributed by atoms with Crippen LogP contribution in [0.25, 0.3) is 0 Å². The smallest absolute Gasteiger partial charge is 0.112 e. The van der Waals surface area contributed by atoms with Crippen LogP contribution in [-0.4, -0.2) is 5.11 Å². The minimum absolute atomic E-state index is 0.295. The average Bonchev–Trinajstić information content (AvgIpc) is 1.84. The molecule has 2 heteroatoms. The van der Waals surface area contributed by atoms with Crippen molar-refractivity contribution in [2.24, 2.45) is 5.92 Å². The first-order valence-electron chi connectivity index (χ1n) is 3.87. The molecule has 0 amide bonds. The topological polar surface area (TPSA) is 20.2 Å². The summed E-state index contributed by atoms with van der Waals surface area (Å²) in [5.41, 5.74) is 0.935. The first-order chi connectivity index (χ1) is 5.43. The standard InChI is InChI=1S/C10H15BrO/c1-7(2)5-10(12)6-8(3)9(4)11/h5-7,12H,4H2,1-3H3/b8-6-,10-5+. The molecule has 0 saturated carbocycles. The van der Waals surface area contributed by atoms with Crippen molar-refractivity contribution in [3.8, 4) is 0 Å². The SMILES string of the molecule is C=C(Br)/C(C)=C\C(O)=C/C(C)C. The fourth-order valence-corrected chi connectivity index (χ4v) is 0.804. The van der Waals surface area contributed by atoms with E-state index < -0.39 is 0 Å². The zero-order chi connectivity index (χ0) is 9.72. The van der Waals surface area contributed by atoms with Crippen molar-refractivity contribution in [2.45, 2.75) is 20.8 Å². The van der Waals surface area contributed by atoms with E-state index in [-0.39, 0.29) is 0 Å². The second kappa shape index (κ2) is 5.20. The van der Waals surface area contributed by atoms with Crippen LogP contribution in [0.2, 0.25) is 0 Å². The van der Waals surface area contributed by atoms with Crippen LogP contribution in [0.15, 0.2) is 34.5 Å². The molecule has 0 spiro atoms. The molecular formula is C10H15BrO. The van der Waals surface area contributed by atoms with Gasteiger partial charge in [0.2, 0.25) is 0 Å². The lowest BCUT2D eigenvalue weighted by atomic mass is 10.1. The molecule has 0 heterocycles. The molecule has 0 aromatic rings. The Morgan fingerprint density at radius 3 is 2.33 bits per heavy atom. The molecule has 0 aromatic carbocycles. The number of aliphatic hydroxyl groups is 1. The van der Waals surface area contributed by atoms with Crippen molar-refractivity contribution < 1.29 is 5.11 Å². The Morgan fingerprint density at radius 1 is 1.50 bits per heavy atom. The van der Waals surface area contributed by atoms with Gasteiger partial charge in [-0.1, -0.05) is 36.4 Å². The summed E-state index contributed by atoms with van der Waals surface area (Å²) in [5.74, 6) is 0.653. The van der Waals surface area contributed by atoms with Gasteiger partial charge in [-0.05, 0) is 30.6 Å². The summed E-state index contributed by atoms with van der Waals surface area (Å²) in [6.07, 6.45) is 3.48. The van der Waals surface area contributed by atoms with Crippen molar-refractivity contribution in [3.05, 3.63) is 34.5 Å². The molecule has 0 unspecified atom stereocenters. The van der Waals surface area contributed by atoms with Crippen LogP contribution < -0.4 is 0 Å². The first kappa shape index (κ1) is 11.5. The van der Waals surface area contributed by atoms with Crippen molar-refractivity contribution in [1.29, 1.82) is 0 Å². The monoisotopic (exact) mass is 230 g/mol. The van der Waals surface area contributed by atoms with Crippen LogP contribution in [0.3, 0.4) is 0 Å². The highest BCUT2D eigenvalue weighted by atomic mass is 79.9. The van der Waals surface area contributed by atoms with E-state index in [9.17, 15) is 5.11 Å². The second-order valence-electron chi connectivity index (χ2n) is 3.07. The second-order valence-corrected chi connectivity index (χ2v) is 4.03. The maximum atomic E-state index is 9.36. The predicted octanol–water partition coefficient (Wildman–Crippen LogP) is 3.94. The maximum Gasteiger partial charge on any atom is 0.112 e. The van der Waals surface area contributed by atoms with Crippen LogP contribution >= 0.6 is 15.9 Å². The Hall–Kier alpha value is -0.500. The van der Waals surface area contributed by atoms with Crippen LogP contribution in [0.4, 0.5) is 0 Å². The quantitative estimate of drug-likeness (QED) is 0.576. The summed E-state index contributed by atoms with van der Waals surface area (Å²) in [7, 11) is 0. The number of aliphatic hydroxyl groups excluding tert-OH is 1. The van der Waals surface area contributed by atoms with E-state index in [1.807, 2.05) is 20.8 Å². The molecule has 0 bridgehead atoms. The zero-order valence-corrected chi connectivity index (χ0v) is 9.35. The molecule has 0 saturated heterocycles. The van der Waals surface area contributed by atoms with Crippen LogP contribution in [0, 0.1) is 5.92 Å². The Kier molecular flexibility index (Phi) is 4.98. The van der Waals surface area contributed by atoms with Gasteiger partial charge in [0, 0.05) is 4.48 Å². The van der Waals surface area contributed by atoms with Gasteiger partial charge in [-0.15, -0.1) is 0 Å². The van der Waals surface area contributed by atoms with Gasteiger partial charge >= 0.3 is 0 Å². The number of hydrogen-bond acceptors (Lipinski definition) is 1. The Morgan fingerprint density at radius 2 is 2.00 bits per heavy atom. The predicted molar refractivity (Wildman–Crippen MR) is 57.4 cm³/mol. The number of allylic oxidation sites excluding steroid dienone is 4. The summed E-state index contributed by atoms with van der Waals surface area (Å²) in [4.78, 5) is 0. The van der Waals surface area contributed by atoms with Crippen LogP contribution in [-0.2, 0) is 0 Å². The molecule has 1 N–H and O–H groups in total. The van der Waals surface area contributed by atoms with Gasteiger partial charge < -0.3 is 5.11 Å². The third-order valence-corrected chi connectivity index (χ3v) is 1.92. The molecule has 0 atom stereocenters. The summed E-state index contributed by atoms with van der Waals surface area (Å²) in [5, 5.41) is 9.36. The van der Waals surface area contributed by atoms with Gasteiger partial charge in [0.15, 0.2) is 0 Å². The number of rotatable bonds is 3. The molecule has 0 aliphatic heterocycles. The number of halogens is 1. The zero-order valence-electron chi connectivity index (χ0n) is 7.76. The molecule has 12 heavy (non-hydrogen) atoms. The molecule has 1 nitrogen and oxygen atoms in total. The van der Waals surface area contributed by atoms with Crippen molar-refractivity contribution in [2.75, 3.05) is 0 Å². The molecular weight excluding hydrogens is 216 g/mol. The van der Waals surface area contributed by atoms with Gasteiger partial charge in [0.25, 0.3) is 0 Å². The van der Waals surface area contributed by atoms with Gasteiger partial charge in [0.05, 0.1) is 0 Å². The first-order valence-corrected chi connectivity index (χ1v) is 4.66. The van der Waals surface area contributed by atoms with E-state index >= 15 is 0 Å². The summed E-state index contributed by atoms with van der Waals surface area (Å²) < 4.78 is 0.797. The third-order valence-electron chi connectivity index (χ3n) is 1.30. The molecule has 0 aromatic heterocycles. The fourth-order valence-electron chi connectivity index (χ4n) is 0.690. The Balaban J connectivity index is 4.43. The fraction of sp³-hybridized carbons (Fsp3) is 0.400. The lowest BCUT2D eigenvalue weighted by Crippen LogP contribution is -1.84. The Bertz CT molecular complexity index is 224. The van der Waals surface area contributed by atoms with Crippen LogP contribution in [0.1, 0.15) is 20.8 Å². The van der Waals surface area contributed by atoms with E-state index in [0.717, 1.165) is 10.1 Å². The molecule has 0 aliphatic rings. The summed E-state index contributed by atoms with van der Waals surface area (Å²) in [6.45, 7) is 9.62. The van der Waals surface area contributed by atoms with E-state index in [0.29, 0.717) is 11.7 Å². The molecule has 0 radical (unpaired) electrons. The lowest BCUT2D eigenvalue weighted by Gasteiger charge is -1.99. The van der Waals surface area contributed by atoms with Crippen LogP contribution in [0.5, 0.6) is 0 Å². The molecule has 0 aliphatic carbocycles. The minimum atomic E-state index is 0.295. The van der Waals surface area contributed by atoms with E-state index in [1.54, 1.807) is 12.2 Å². The highest BCUT2D eigenvalue weighted by Gasteiger charge is 1.94. The van der Waals surface area contributed by atoms with Gasteiger partial charge in [-0.2, -0.15) is 0 Å².